The second kappa shape index (κ2) is 9.88. The highest BCUT2D eigenvalue weighted by molar-refractivity contribution is 5.94. The van der Waals surface area contributed by atoms with Crippen LogP contribution in [0.25, 0.3) is 0 Å². The van der Waals surface area contributed by atoms with Gasteiger partial charge in [-0.3, -0.25) is 4.79 Å². The van der Waals surface area contributed by atoms with E-state index in [2.05, 4.69) is 16.6 Å². The second-order valence-corrected chi connectivity index (χ2v) is 6.02. The predicted octanol–water partition coefficient (Wildman–Crippen LogP) is 2.64. The summed E-state index contributed by atoms with van der Waals surface area (Å²) in [4.78, 5) is 25.4. The average molecular weight is 365 g/mol. The molecule has 6 heteroatoms. The maximum absolute atomic E-state index is 12.0. The highest BCUT2D eigenvalue weighted by Gasteiger charge is 2.10. The first-order valence-corrected chi connectivity index (χ1v) is 8.53. The van der Waals surface area contributed by atoms with Crippen molar-refractivity contribution >= 4 is 17.6 Å². The number of nitrogens with one attached hydrogen (secondary N) is 2. The molecular weight excluding hydrogens is 342 g/mol. The smallest absolute Gasteiger partial charge is 0.317 e. The minimum absolute atomic E-state index is 0.137. The lowest BCUT2D eigenvalue weighted by Gasteiger charge is -2.18. The fourth-order valence-electron chi connectivity index (χ4n) is 2.22. The van der Waals surface area contributed by atoms with Crippen LogP contribution < -0.4 is 15.4 Å². The Kier molecular flexibility index (Phi) is 7.26. The first-order valence-electron chi connectivity index (χ1n) is 8.53. The number of rotatable bonds is 7. The highest BCUT2D eigenvalue weighted by Crippen LogP contribution is 2.11. The number of nitrogens with zero attached hydrogens (tertiary/aromatic N) is 1. The number of carbonyl (C=O) groups excluding carboxylic acids is 2. The molecule has 2 rings (SSSR count). The van der Waals surface area contributed by atoms with E-state index in [-0.39, 0.29) is 18.5 Å². The third-order valence-electron chi connectivity index (χ3n) is 3.78. The van der Waals surface area contributed by atoms with E-state index in [1.54, 1.807) is 31.3 Å². The number of likely N-dealkylation sites (N-methyl/N-ethyl adjacent to an activating group) is 1. The molecule has 0 heterocycles. The second-order valence-electron chi connectivity index (χ2n) is 6.02. The van der Waals surface area contributed by atoms with Crippen molar-refractivity contribution in [3.63, 3.8) is 0 Å². The standard InChI is InChI=1S/C21H23N3O3/c1-4-17-6-5-7-18(14-17)23-20(25)15-22-21(26)24(3)12-13-27-19-10-8-16(2)9-11-19/h1,5-11,14H,12-13,15H2,2-3H3,(H,22,26)(H,23,25). The van der Waals surface area contributed by atoms with Gasteiger partial charge in [0.1, 0.15) is 12.4 Å². The van der Waals surface area contributed by atoms with Crippen molar-refractivity contribution in [1.82, 2.24) is 10.2 Å². The summed E-state index contributed by atoms with van der Waals surface area (Å²) < 4.78 is 5.59. The summed E-state index contributed by atoms with van der Waals surface area (Å²) in [5.41, 5.74) is 2.41. The van der Waals surface area contributed by atoms with E-state index in [9.17, 15) is 9.59 Å². The van der Waals surface area contributed by atoms with Crippen LogP contribution >= 0.6 is 0 Å². The summed E-state index contributed by atoms with van der Waals surface area (Å²) in [6.07, 6.45) is 5.33. The monoisotopic (exact) mass is 365 g/mol. The summed E-state index contributed by atoms with van der Waals surface area (Å²) in [7, 11) is 1.64. The van der Waals surface area contributed by atoms with Gasteiger partial charge >= 0.3 is 6.03 Å². The van der Waals surface area contributed by atoms with Gasteiger partial charge < -0.3 is 20.3 Å². The molecule has 2 aromatic carbocycles. The third-order valence-corrected chi connectivity index (χ3v) is 3.78. The Morgan fingerprint density at radius 1 is 1.19 bits per heavy atom. The van der Waals surface area contributed by atoms with Gasteiger partial charge in [0, 0.05) is 18.3 Å². The van der Waals surface area contributed by atoms with Crippen LogP contribution in [0.4, 0.5) is 10.5 Å². The molecule has 0 aromatic heterocycles. The number of carbonyl (C=O) groups is 2. The minimum atomic E-state index is -0.352. The molecule has 0 atom stereocenters. The van der Waals surface area contributed by atoms with Crippen molar-refractivity contribution in [3.05, 3.63) is 59.7 Å². The van der Waals surface area contributed by atoms with Crippen molar-refractivity contribution < 1.29 is 14.3 Å². The number of hydrogen-bond acceptors (Lipinski definition) is 3. The van der Waals surface area contributed by atoms with Crippen molar-refractivity contribution in [1.29, 1.82) is 0 Å². The quantitative estimate of drug-likeness (QED) is 0.741. The van der Waals surface area contributed by atoms with E-state index in [0.29, 0.717) is 24.4 Å². The molecule has 0 aliphatic rings. The molecule has 0 aliphatic carbocycles. The van der Waals surface area contributed by atoms with Gasteiger partial charge in [-0.1, -0.05) is 29.7 Å². The summed E-state index contributed by atoms with van der Waals surface area (Å²) >= 11 is 0. The lowest BCUT2D eigenvalue weighted by Crippen LogP contribution is -2.42. The number of benzene rings is 2. The number of urea groups is 1. The Morgan fingerprint density at radius 3 is 2.63 bits per heavy atom. The molecule has 0 spiro atoms. The maximum Gasteiger partial charge on any atom is 0.317 e. The summed E-state index contributed by atoms with van der Waals surface area (Å²) in [6.45, 7) is 2.62. The molecular formula is C21H23N3O3. The zero-order valence-corrected chi connectivity index (χ0v) is 15.5. The van der Waals surface area contributed by atoms with E-state index in [4.69, 9.17) is 11.2 Å². The third kappa shape index (κ3) is 6.75. The molecule has 3 amide bonds. The molecule has 0 bridgehead atoms. The molecule has 140 valence electrons. The van der Waals surface area contributed by atoms with Gasteiger partial charge in [0.2, 0.25) is 5.91 Å². The van der Waals surface area contributed by atoms with Crippen molar-refractivity contribution in [2.75, 3.05) is 32.1 Å². The van der Waals surface area contributed by atoms with E-state index in [0.717, 1.165) is 11.3 Å². The van der Waals surface area contributed by atoms with Crippen LogP contribution in [-0.2, 0) is 4.79 Å². The molecule has 2 aromatic rings. The normalized spacial score (nSPS) is 9.81. The van der Waals surface area contributed by atoms with E-state index < -0.39 is 0 Å². The fourth-order valence-corrected chi connectivity index (χ4v) is 2.22. The van der Waals surface area contributed by atoms with Gasteiger partial charge in [-0.15, -0.1) is 6.42 Å². The number of aryl methyl sites for hydroxylation is 1. The Balaban J connectivity index is 1.69. The van der Waals surface area contributed by atoms with E-state index in [1.807, 2.05) is 31.2 Å². The van der Waals surface area contributed by atoms with Crippen LogP contribution in [0.1, 0.15) is 11.1 Å². The first-order chi connectivity index (χ1) is 13.0. The average Bonchev–Trinajstić information content (AvgIpc) is 2.67. The summed E-state index contributed by atoms with van der Waals surface area (Å²) in [5, 5.41) is 5.25. The molecule has 0 radical (unpaired) electrons. The van der Waals surface area contributed by atoms with Crippen LogP contribution in [0.5, 0.6) is 5.75 Å². The first kappa shape index (κ1) is 19.9. The van der Waals surface area contributed by atoms with Crippen molar-refractivity contribution in [2.45, 2.75) is 6.92 Å². The molecule has 2 N–H and O–H groups in total. The van der Waals surface area contributed by atoms with Crippen LogP contribution in [0.15, 0.2) is 48.5 Å². The summed E-state index contributed by atoms with van der Waals surface area (Å²) in [5.74, 6) is 2.92. The minimum Gasteiger partial charge on any atom is -0.492 e. The van der Waals surface area contributed by atoms with Crippen LogP contribution in [0.3, 0.4) is 0 Å². The number of hydrogen-bond donors (Lipinski definition) is 2. The van der Waals surface area contributed by atoms with Gasteiger partial charge in [0.05, 0.1) is 13.1 Å². The van der Waals surface area contributed by atoms with E-state index >= 15 is 0 Å². The highest BCUT2D eigenvalue weighted by atomic mass is 16.5. The zero-order chi connectivity index (χ0) is 19.6. The van der Waals surface area contributed by atoms with Gasteiger partial charge in [-0.05, 0) is 37.3 Å². The zero-order valence-electron chi connectivity index (χ0n) is 15.5. The molecule has 0 saturated carbocycles. The van der Waals surface area contributed by atoms with E-state index in [1.165, 1.54) is 4.90 Å². The number of terminal acetylenes is 1. The molecule has 0 saturated heterocycles. The molecule has 6 nitrogen and oxygen atoms in total. The topological polar surface area (TPSA) is 70.7 Å². The van der Waals surface area contributed by atoms with Crippen LogP contribution in [-0.4, -0.2) is 43.6 Å². The maximum atomic E-state index is 12.0. The Labute approximate surface area is 159 Å². The van der Waals surface area contributed by atoms with Gasteiger partial charge in [-0.2, -0.15) is 0 Å². The number of anilines is 1. The van der Waals surface area contributed by atoms with Crippen molar-refractivity contribution in [3.8, 4) is 18.1 Å². The van der Waals surface area contributed by atoms with Gasteiger partial charge in [-0.25, -0.2) is 4.79 Å². The van der Waals surface area contributed by atoms with Gasteiger partial charge in [0.15, 0.2) is 0 Å². The summed E-state index contributed by atoms with van der Waals surface area (Å²) in [6, 6.07) is 14.3. The van der Waals surface area contributed by atoms with Crippen molar-refractivity contribution in [2.24, 2.45) is 0 Å². The van der Waals surface area contributed by atoms with Gasteiger partial charge in [0.25, 0.3) is 0 Å². The predicted molar refractivity (Wildman–Crippen MR) is 106 cm³/mol. The lowest BCUT2D eigenvalue weighted by molar-refractivity contribution is -0.115. The lowest BCUT2D eigenvalue weighted by atomic mass is 10.2. The van der Waals surface area contributed by atoms with Crippen LogP contribution in [0.2, 0.25) is 0 Å². The Bertz CT molecular complexity index is 825. The molecule has 0 aliphatic heterocycles. The molecule has 0 unspecified atom stereocenters. The fraction of sp³-hybridized carbons (Fsp3) is 0.238. The SMILES string of the molecule is C#Cc1cccc(NC(=O)CNC(=O)N(C)CCOc2ccc(C)cc2)c1. The Hall–Kier alpha value is -3.46. The largest absolute Gasteiger partial charge is 0.492 e. The Morgan fingerprint density at radius 2 is 1.93 bits per heavy atom. The van der Waals surface area contributed by atoms with Crippen LogP contribution in [0, 0.1) is 19.3 Å². The number of ether oxygens (including phenoxy) is 1. The number of amides is 3. The molecule has 27 heavy (non-hydrogen) atoms. The molecule has 0 fully saturated rings.